The summed E-state index contributed by atoms with van der Waals surface area (Å²) >= 11 is 6.28. The molecule has 4 rings (SSSR count). The lowest BCUT2D eigenvalue weighted by Crippen LogP contribution is -2.40. The number of rotatable bonds is 2. The fourth-order valence-electron chi connectivity index (χ4n) is 3.57. The third kappa shape index (κ3) is 2.94. The standard InChI is InChI=1S/C22H18ClNO/c23-20-13-7-6-12-19(20)22(25)24-15-14-16-8-4-5-11-18(16)21(24)17-9-2-1-3-10-17/h1-13,21H,14-15H2. The predicted octanol–water partition coefficient (Wildman–Crippen LogP) is 5.13. The van der Waals surface area contributed by atoms with E-state index in [2.05, 4.69) is 30.3 Å². The van der Waals surface area contributed by atoms with Gasteiger partial charge in [0.05, 0.1) is 16.6 Å². The average molecular weight is 348 g/mol. The van der Waals surface area contributed by atoms with Crippen LogP contribution in [0.2, 0.25) is 5.02 Å². The van der Waals surface area contributed by atoms with Crippen LogP contribution < -0.4 is 0 Å². The fourth-order valence-corrected chi connectivity index (χ4v) is 3.79. The molecule has 0 radical (unpaired) electrons. The SMILES string of the molecule is O=C(c1ccccc1Cl)N1CCc2ccccc2C1c1ccccc1. The summed E-state index contributed by atoms with van der Waals surface area (Å²) in [5, 5.41) is 0.498. The number of carbonyl (C=O) groups is 1. The first-order valence-corrected chi connectivity index (χ1v) is 8.82. The molecule has 2 nitrogen and oxygen atoms in total. The Bertz CT molecular complexity index is 907. The van der Waals surface area contributed by atoms with Crippen LogP contribution >= 0.6 is 11.6 Å². The summed E-state index contributed by atoms with van der Waals surface area (Å²) in [6.45, 7) is 0.681. The van der Waals surface area contributed by atoms with Crippen LogP contribution in [0.1, 0.15) is 33.1 Å². The van der Waals surface area contributed by atoms with Crippen molar-refractivity contribution in [2.24, 2.45) is 0 Å². The summed E-state index contributed by atoms with van der Waals surface area (Å²) in [5.74, 6) is -0.0195. The molecule has 0 spiro atoms. The van der Waals surface area contributed by atoms with Crippen molar-refractivity contribution < 1.29 is 4.79 Å². The molecule has 1 unspecified atom stereocenters. The molecule has 1 aliphatic rings. The molecule has 3 aromatic carbocycles. The van der Waals surface area contributed by atoms with Gasteiger partial charge in [0.2, 0.25) is 0 Å². The van der Waals surface area contributed by atoms with E-state index >= 15 is 0 Å². The van der Waals surface area contributed by atoms with Crippen LogP contribution in [0.4, 0.5) is 0 Å². The number of hydrogen-bond acceptors (Lipinski definition) is 1. The van der Waals surface area contributed by atoms with Crippen LogP contribution in [0.3, 0.4) is 0 Å². The lowest BCUT2D eigenvalue weighted by atomic mass is 9.88. The fraction of sp³-hybridized carbons (Fsp3) is 0.136. The minimum absolute atomic E-state index is 0.0195. The van der Waals surface area contributed by atoms with Gasteiger partial charge in [0.25, 0.3) is 5.91 Å². The van der Waals surface area contributed by atoms with Crippen molar-refractivity contribution in [2.45, 2.75) is 12.5 Å². The van der Waals surface area contributed by atoms with Gasteiger partial charge in [-0.3, -0.25) is 4.79 Å². The highest BCUT2D eigenvalue weighted by molar-refractivity contribution is 6.33. The Morgan fingerprint density at radius 2 is 1.56 bits per heavy atom. The van der Waals surface area contributed by atoms with Crippen LogP contribution in [-0.4, -0.2) is 17.4 Å². The van der Waals surface area contributed by atoms with E-state index in [1.54, 1.807) is 12.1 Å². The van der Waals surface area contributed by atoms with E-state index in [4.69, 9.17) is 11.6 Å². The van der Waals surface area contributed by atoms with Crippen molar-refractivity contribution in [3.8, 4) is 0 Å². The molecule has 3 heteroatoms. The van der Waals surface area contributed by atoms with Gasteiger partial charge >= 0.3 is 0 Å². The number of fused-ring (bicyclic) bond motifs is 1. The van der Waals surface area contributed by atoms with Gasteiger partial charge in [-0.15, -0.1) is 0 Å². The molecule has 1 amide bonds. The highest BCUT2D eigenvalue weighted by Gasteiger charge is 2.32. The van der Waals surface area contributed by atoms with Crippen LogP contribution in [-0.2, 0) is 6.42 Å². The number of benzene rings is 3. The summed E-state index contributed by atoms with van der Waals surface area (Å²) in [6, 6.07) is 25.8. The largest absolute Gasteiger partial charge is 0.327 e. The molecule has 3 aromatic rings. The van der Waals surface area contributed by atoms with Gasteiger partial charge in [-0.2, -0.15) is 0 Å². The van der Waals surface area contributed by atoms with Crippen LogP contribution in [0.15, 0.2) is 78.9 Å². The molecule has 1 aliphatic heterocycles. The van der Waals surface area contributed by atoms with E-state index < -0.39 is 0 Å². The Hall–Kier alpha value is -2.58. The number of hydrogen-bond donors (Lipinski definition) is 0. The Kier molecular flexibility index (Phi) is 4.29. The minimum Gasteiger partial charge on any atom is -0.327 e. The van der Waals surface area contributed by atoms with E-state index in [1.165, 1.54) is 11.1 Å². The normalized spacial score (nSPS) is 16.4. The number of halogens is 1. The van der Waals surface area contributed by atoms with E-state index in [-0.39, 0.29) is 11.9 Å². The highest BCUT2D eigenvalue weighted by Crippen LogP contribution is 2.36. The molecule has 0 aromatic heterocycles. The Labute approximate surface area is 152 Å². The number of carbonyl (C=O) groups excluding carboxylic acids is 1. The van der Waals surface area contributed by atoms with Crippen molar-refractivity contribution in [3.05, 3.63) is 106 Å². The van der Waals surface area contributed by atoms with Gasteiger partial charge in [-0.25, -0.2) is 0 Å². The van der Waals surface area contributed by atoms with E-state index in [0.29, 0.717) is 17.1 Å². The molecule has 0 N–H and O–H groups in total. The molecular weight excluding hydrogens is 330 g/mol. The molecule has 124 valence electrons. The quantitative estimate of drug-likeness (QED) is 0.629. The summed E-state index contributed by atoms with van der Waals surface area (Å²) in [7, 11) is 0. The van der Waals surface area contributed by atoms with Crippen LogP contribution in [0.25, 0.3) is 0 Å². The molecule has 1 heterocycles. The van der Waals surface area contributed by atoms with E-state index in [9.17, 15) is 4.79 Å². The second-order valence-corrected chi connectivity index (χ2v) is 6.65. The smallest absolute Gasteiger partial charge is 0.256 e. The van der Waals surface area contributed by atoms with E-state index in [0.717, 1.165) is 12.0 Å². The van der Waals surface area contributed by atoms with E-state index in [1.807, 2.05) is 41.3 Å². The van der Waals surface area contributed by atoms with Gasteiger partial charge in [0.1, 0.15) is 0 Å². The maximum absolute atomic E-state index is 13.3. The lowest BCUT2D eigenvalue weighted by Gasteiger charge is -2.38. The maximum atomic E-state index is 13.3. The van der Waals surface area contributed by atoms with Gasteiger partial charge in [0.15, 0.2) is 0 Å². The first kappa shape index (κ1) is 15.9. The topological polar surface area (TPSA) is 20.3 Å². The monoisotopic (exact) mass is 347 g/mol. The van der Waals surface area contributed by atoms with Crippen molar-refractivity contribution in [2.75, 3.05) is 6.54 Å². The molecule has 0 bridgehead atoms. The van der Waals surface area contributed by atoms with Gasteiger partial charge in [-0.1, -0.05) is 78.3 Å². The first-order valence-electron chi connectivity index (χ1n) is 8.44. The van der Waals surface area contributed by atoms with Gasteiger partial charge in [-0.05, 0) is 35.2 Å². The summed E-state index contributed by atoms with van der Waals surface area (Å²) in [4.78, 5) is 15.2. The molecule has 0 fully saturated rings. The van der Waals surface area contributed by atoms with Crippen molar-refractivity contribution in [3.63, 3.8) is 0 Å². The zero-order valence-electron chi connectivity index (χ0n) is 13.7. The zero-order valence-corrected chi connectivity index (χ0v) is 14.5. The summed E-state index contributed by atoms with van der Waals surface area (Å²) in [6.07, 6.45) is 0.857. The van der Waals surface area contributed by atoms with Crippen molar-refractivity contribution in [1.82, 2.24) is 4.90 Å². The van der Waals surface area contributed by atoms with Gasteiger partial charge in [0, 0.05) is 6.54 Å². The van der Waals surface area contributed by atoms with Crippen LogP contribution in [0.5, 0.6) is 0 Å². The molecule has 1 atom stereocenters. The molecule has 25 heavy (non-hydrogen) atoms. The third-order valence-electron chi connectivity index (χ3n) is 4.76. The Balaban J connectivity index is 1.82. The number of nitrogens with zero attached hydrogens (tertiary/aromatic N) is 1. The molecule has 0 saturated heterocycles. The summed E-state index contributed by atoms with van der Waals surface area (Å²) < 4.78 is 0. The average Bonchev–Trinajstić information content (AvgIpc) is 2.67. The van der Waals surface area contributed by atoms with Gasteiger partial charge < -0.3 is 4.90 Å². The predicted molar refractivity (Wildman–Crippen MR) is 101 cm³/mol. The summed E-state index contributed by atoms with van der Waals surface area (Å²) in [5.41, 5.74) is 4.18. The molecule has 0 saturated carbocycles. The van der Waals surface area contributed by atoms with Crippen molar-refractivity contribution >= 4 is 17.5 Å². The Morgan fingerprint density at radius 3 is 2.36 bits per heavy atom. The zero-order chi connectivity index (χ0) is 17.2. The second kappa shape index (κ2) is 6.73. The molecule has 0 aliphatic carbocycles. The van der Waals surface area contributed by atoms with Crippen LogP contribution in [0, 0.1) is 0 Å². The Morgan fingerprint density at radius 1 is 0.880 bits per heavy atom. The maximum Gasteiger partial charge on any atom is 0.256 e. The lowest BCUT2D eigenvalue weighted by molar-refractivity contribution is 0.0695. The molecular formula is C22H18ClNO. The second-order valence-electron chi connectivity index (χ2n) is 6.24. The first-order chi connectivity index (χ1) is 12.3. The minimum atomic E-state index is -0.0880. The number of amides is 1. The third-order valence-corrected chi connectivity index (χ3v) is 5.09. The highest BCUT2D eigenvalue weighted by atomic mass is 35.5. The van der Waals surface area contributed by atoms with Crippen molar-refractivity contribution in [1.29, 1.82) is 0 Å².